The van der Waals surface area contributed by atoms with E-state index in [1.54, 1.807) is 12.1 Å². The van der Waals surface area contributed by atoms with E-state index in [1.807, 2.05) is 18.2 Å². The van der Waals surface area contributed by atoms with Crippen LogP contribution in [0, 0.1) is 6.17 Å². The summed E-state index contributed by atoms with van der Waals surface area (Å²) in [6.45, 7) is 1.44. The molecule has 0 bridgehead atoms. The van der Waals surface area contributed by atoms with Crippen molar-refractivity contribution in [3.05, 3.63) is 36.5 Å². The fourth-order valence-corrected chi connectivity index (χ4v) is 0.699. The Balaban J connectivity index is 2.39. The molecule has 2 heteroatoms. The maximum atomic E-state index is 12.2. The van der Waals surface area contributed by atoms with E-state index in [1.165, 1.54) is 6.92 Å². The SMILES string of the molecule is C[C](F)COc1ccccc1. The Morgan fingerprint density at radius 2 is 2.00 bits per heavy atom. The van der Waals surface area contributed by atoms with Crippen molar-refractivity contribution >= 4 is 0 Å². The molecule has 1 nitrogen and oxygen atoms in total. The summed E-state index contributed by atoms with van der Waals surface area (Å²) in [7, 11) is 0. The first-order valence-electron chi connectivity index (χ1n) is 3.45. The fraction of sp³-hybridized carbons (Fsp3) is 0.222. The number of rotatable bonds is 3. The van der Waals surface area contributed by atoms with Gasteiger partial charge in [0.25, 0.3) is 0 Å². The smallest absolute Gasteiger partial charge is 0.178 e. The normalized spacial score (nSPS) is 10.1. The average molecular weight is 153 g/mol. The lowest BCUT2D eigenvalue weighted by Crippen LogP contribution is -2.00. The van der Waals surface area contributed by atoms with Crippen LogP contribution in [0.3, 0.4) is 0 Å². The van der Waals surface area contributed by atoms with Crippen molar-refractivity contribution in [2.75, 3.05) is 6.61 Å². The van der Waals surface area contributed by atoms with Gasteiger partial charge in [-0.2, -0.15) is 0 Å². The third kappa shape index (κ3) is 3.03. The minimum absolute atomic E-state index is 0.0456. The van der Waals surface area contributed by atoms with Crippen LogP contribution in [-0.4, -0.2) is 6.61 Å². The van der Waals surface area contributed by atoms with Crippen LogP contribution in [0.1, 0.15) is 6.92 Å². The number of hydrogen-bond donors (Lipinski definition) is 0. The van der Waals surface area contributed by atoms with Gasteiger partial charge in [0.2, 0.25) is 0 Å². The Kier molecular flexibility index (Phi) is 2.90. The summed E-state index contributed by atoms with van der Waals surface area (Å²) in [5, 5.41) is 0. The molecule has 0 aliphatic heterocycles. The van der Waals surface area contributed by atoms with Gasteiger partial charge in [-0.05, 0) is 19.1 Å². The first-order chi connectivity index (χ1) is 5.29. The van der Waals surface area contributed by atoms with Gasteiger partial charge in [-0.25, -0.2) is 4.39 Å². The van der Waals surface area contributed by atoms with E-state index in [0.29, 0.717) is 5.75 Å². The first-order valence-corrected chi connectivity index (χ1v) is 3.45. The van der Waals surface area contributed by atoms with Crippen LogP contribution in [0.4, 0.5) is 4.39 Å². The summed E-state index contributed by atoms with van der Waals surface area (Å²) in [5.41, 5.74) is 0. The molecule has 0 aliphatic rings. The van der Waals surface area contributed by atoms with Crippen LogP contribution in [-0.2, 0) is 0 Å². The van der Waals surface area contributed by atoms with Crippen LogP contribution >= 0.6 is 0 Å². The van der Waals surface area contributed by atoms with Gasteiger partial charge >= 0.3 is 0 Å². The molecule has 0 saturated heterocycles. The molecule has 1 radical (unpaired) electrons. The van der Waals surface area contributed by atoms with Gasteiger partial charge in [-0.3, -0.25) is 0 Å². The Bertz CT molecular complexity index is 196. The summed E-state index contributed by atoms with van der Waals surface area (Å²) in [6, 6.07) is 9.18. The van der Waals surface area contributed by atoms with Crippen molar-refractivity contribution < 1.29 is 9.13 Å². The Morgan fingerprint density at radius 3 is 2.55 bits per heavy atom. The lowest BCUT2D eigenvalue weighted by Gasteiger charge is -2.04. The van der Waals surface area contributed by atoms with E-state index in [0.717, 1.165) is 0 Å². The average Bonchev–Trinajstić information content (AvgIpc) is 2.03. The zero-order valence-electron chi connectivity index (χ0n) is 6.38. The van der Waals surface area contributed by atoms with Gasteiger partial charge in [-0.1, -0.05) is 18.2 Å². The molecule has 0 saturated carbocycles. The second-order valence-electron chi connectivity index (χ2n) is 2.28. The third-order valence-electron chi connectivity index (χ3n) is 1.18. The highest BCUT2D eigenvalue weighted by Gasteiger charge is 1.99. The monoisotopic (exact) mass is 153 g/mol. The van der Waals surface area contributed by atoms with Crippen LogP contribution < -0.4 is 4.74 Å². The highest BCUT2D eigenvalue weighted by atomic mass is 19.1. The lowest BCUT2D eigenvalue weighted by molar-refractivity contribution is 0.277. The van der Waals surface area contributed by atoms with Crippen molar-refractivity contribution in [3.8, 4) is 5.75 Å². The largest absolute Gasteiger partial charge is 0.490 e. The van der Waals surface area contributed by atoms with Crippen LogP contribution in [0.5, 0.6) is 5.75 Å². The fourth-order valence-electron chi connectivity index (χ4n) is 0.699. The molecule has 0 atom stereocenters. The number of hydrogen-bond acceptors (Lipinski definition) is 1. The molecule has 0 N–H and O–H groups in total. The highest BCUT2D eigenvalue weighted by molar-refractivity contribution is 5.21. The quantitative estimate of drug-likeness (QED) is 0.648. The molecular formula is C9H10FO. The van der Waals surface area contributed by atoms with Crippen molar-refractivity contribution in [3.63, 3.8) is 0 Å². The van der Waals surface area contributed by atoms with Crippen LogP contribution in [0.15, 0.2) is 30.3 Å². The van der Waals surface area contributed by atoms with E-state index in [4.69, 9.17) is 4.74 Å². The van der Waals surface area contributed by atoms with Crippen LogP contribution in [0.2, 0.25) is 0 Å². The molecule has 0 aliphatic carbocycles. The molecule has 0 unspecified atom stereocenters. The number of benzene rings is 1. The molecule has 0 aromatic heterocycles. The molecule has 1 aromatic rings. The van der Waals surface area contributed by atoms with Crippen LogP contribution in [0.25, 0.3) is 0 Å². The Morgan fingerprint density at radius 1 is 1.36 bits per heavy atom. The maximum Gasteiger partial charge on any atom is 0.178 e. The maximum absolute atomic E-state index is 12.2. The van der Waals surface area contributed by atoms with Gasteiger partial charge in [0.15, 0.2) is 6.17 Å². The molecule has 1 rings (SSSR count). The zero-order chi connectivity index (χ0) is 8.10. The minimum Gasteiger partial charge on any atom is -0.490 e. The molecule has 0 amide bonds. The number of halogens is 1. The summed E-state index contributed by atoms with van der Waals surface area (Å²) in [6.07, 6.45) is -0.214. The molecule has 59 valence electrons. The number of para-hydroxylation sites is 1. The summed E-state index contributed by atoms with van der Waals surface area (Å²) in [4.78, 5) is 0. The molecule has 0 heterocycles. The minimum atomic E-state index is -0.214. The van der Waals surface area contributed by atoms with Crippen molar-refractivity contribution in [1.82, 2.24) is 0 Å². The van der Waals surface area contributed by atoms with Gasteiger partial charge in [0.05, 0.1) is 0 Å². The Hall–Kier alpha value is -1.05. The Labute approximate surface area is 65.8 Å². The van der Waals surface area contributed by atoms with E-state index >= 15 is 0 Å². The van der Waals surface area contributed by atoms with E-state index in [-0.39, 0.29) is 12.8 Å². The second-order valence-corrected chi connectivity index (χ2v) is 2.28. The van der Waals surface area contributed by atoms with Crippen molar-refractivity contribution in [1.29, 1.82) is 0 Å². The van der Waals surface area contributed by atoms with E-state index in [9.17, 15) is 4.39 Å². The summed E-state index contributed by atoms with van der Waals surface area (Å²) >= 11 is 0. The molecular weight excluding hydrogens is 143 g/mol. The molecule has 0 spiro atoms. The van der Waals surface area contributed by atoms with E-state index in [2.05, 4.69) is 0 Å². The van der Waals surface area contributed by atoms with Gasteiger partial charge < -0.3 is 4.74 Å². The lowest BCUT2D eigenvalue weighted by atomic mass is 10.3. The second kappa shape index (κ2) is 3.96. The molecule has 11 heavy (non-hydrogen) atoms. The molecule has 0 fully saturated rings. The highest BCUT2D eigenvalue weighted by Crippen LogP contribution is 2.10. The first kappa shape index (κ1) is 8.05. The van der Waals surface area contributed by atoms with Gasteiger partial charge in [0, 0.05) is 0 Å². The van der Waals surface area contributed by atoms with Crippen molar-refractivity contribution in [2.24, 2.45) is 0 Å². The third-order valence-corrected chi connectivity index (χ3v) is 1.18. The summed E-state index contributed by atoms with van der Waals surface area (Å²) < 4.78 is 17.2. The standard InChI is InChI=1S/C9H10FO/c1-8(10)7-11-9-5-3-2-4-6-9/h2-6H,7H2,1H3. The predicted molar refractivity (Wildman–Crippen MR) is 42.0 cm³/mol. The topological polar surface area (TPSA) is 9.23 Å². The number of ether oxygens (including phenoxy) is 1. The van der Waals surface area contributed by atoms with Crippen molar-refractivity contribution in [2.45, 2.75) is 6.92 Å². The molecule has 1 aromatic carbocycles. The van der Waals surface area contributed by atoms with Gasteiger partial charge in [-0.15, -0.1) is 0 Å². The van der Waals surface area contributed by atoms with Gasteiger partial charge in [0.1, 0.15) is 12.4 Å². The summed E-state index contributed by atoms with van der Waals surface area (Å²) in [5.74, 6) is 0.699. The van der Waals surface area contributed by atoms with E-state index < -0.39 is 0 Å². The predicted octanol–water partition coefficient (Wildman–Crippen LogP) is 2.59. The zero-order valence-corrected chi connectivity index (χ0v) is 6.38.